The molecule has 33 heavy (non-hydrogen) atoms. The van der Waals surface area contributed by atoms with Gasteiger partial charge < -0.3 is 9.47 Å². The molecule has 0 spiro atoms. The molecular formula is C27H18BrCl2NO2. The summed E-state index contributed by atoms with van der Waals surface area (Å²) in [5.41, 5.74) is 3.00. The molecule has 4 rings (SSSR count). The van der Waals surface area contributed by atoms with E-state index in [1.165, 1.54) is 0 Å². The van der Waals surface area contributed by atoms with Crippen LogP contribution in [0.25, 0.3) is 22.4 Å². The van der Waals surface area contributed by atoms with Gasteiger partial charge in [0, 0.05) is 20.1 Å². The summed E-state index contributed by atoms with van der Waals surface area (Å²) >= 11 is 15.8. The third-order valence-electron chi connectivity index (χ3n) is 5.16. The molecule has 0 amide bonds. The smallest absolute Gasteiger partial charge is 0.162 e. The van der Waals surface area contributed by atoms with E-state index in [9.17, 15) is 5.26 Å². The highest BCUT2D eigenvalue weighted by Gasteiger charge is 2.12. The Morgan fingerprint density at radius 2 is 1.76 bits per heavy atom. The van der Waals surface area contributed by atoms with Crippen LogP contribution in [0.2, 0.25) is 10.0 Å². The number of halogens is 3. The summed E-state index contributed by atoms with van der Waals surface area (Å²) in [4.78, 5) is 0. The number of benzene rings is 4. The van der Waals surface area contributed by atoms with Gasteiger partial charge in [-0.15, -0.1) is 0 Å². The number of hydrogen-bond donors (Lipinski definition) is 0. The van der Waals surface area contributed by atoms with E-state index in [1.807, 2.05) is 66.7 Å². The number of rotatable bonds is 6. The van der Waals surface area contributed by atoms with Crippen LogP contribution in [0.5, 0.6) is 11.5 Å². The highest BCUT2D eigenvalue weighted by atomic mass is 79.9. The summed E-state index contributed by atoms with van der Waals surface area (Å²) in [5, 5.41) is 13.1. The largest absolute Gasteiger partial charge is 0.493 e. The second-order valence-corrected chi connectivity index (χ2v) is 8.98. The van der Waals surface area contributed by atoms with Crippen molar-refractivity contribution in [3.8, 4) is 17.6 Å². The Bertz CT molecular complexity index is 1410. The van der Waals surface area contributed by atoms with Crippen molar-refractivity contribution < 1.29 is 9.47 Å². The standard InChI is InChI=1S/C27H18BrCl2NO2/c1-32-26-12-21(11-22(15-31)19-7-6-17-4-2-3-5-18(17)10-19)24(28)14-27(26)33-16-20-8-9-23(29)13-25(20)30/h2-14H,16H2,1H3/b22-11-. The van der Waals surface area contributed by atoms with Gasteiger partial charge in [-0.3, -0.25) is 0 Å². The predicted molar refractivity (Wildman–Crippen MR) is 139 cm³/mol. The molecule has 0 N–H and O–H groups in total. The minimum absolute atomic E-state index is 0.258. The maximum absolute atomic E-state index is 9.83. The topological polar surface area (TPSA) is 42.2 Å². The third kappa shape index (κ3) is 5.34. The van der Waals surface area contributed by atoms with Crippen LogP contribution in [0.1, 0.15) is 16.7 Å². The van der Waals surface area contributed by atoms with E-state index in [-0.39, 0.29) is 6.61 Å². The second kappa shape index (κ2) is 10.3. The summed E-state index contributed by atoms with van der Waals surface area (Å²) in [5.74, 6) is 1.10. The van der Waals surface area contributed by atoms with Gasteiger partial charge in [-0.25, -0.2) is 0 Å². The number of nitriles is 1. The Morgan fingerprint density at radius 3 is 2.48 bits per heavy atom. The Balaban J connectivity index is 1.64. The fourth-order valence-corrected chi connectivity index (χ4v) is 4.32. The SMILES string of the molecule is COc1cc(/C=C(/C#N)c2ccc3ccccc3c2)c(Br)cc1OCc1ccc(Cl)cc1Cl. The first-order valence-corrected chi connectivity index (χ1v) is 11.6. The minimum Gasteiger partial charge on any atom is -0.493 e. The Kier molecular flexibility index (Phi) is 7.25. The fourth-order valence-electron chi connectivity index (χ4n) is 3.42. The molecule has 0 saturated carbocycles. The van der Waals surface area contributed by atoms with Gasteiger partial charge in [0.25, 0.3) is 0 Å². The monoisotopic (exact) mass is 537 g/mol. The minimum atomic E-state index is 0.258. The quantitative estimate of drug-likeness (QED) is 0.182. The molecule has 4 aromatic rings. The van der Waals surface area contributed by atoms with Gasteiger partial charge in [0.05, 0.1) is 18.8 Å². The molecule has 0 aliphatic carbocycles. The first-order chi connectivity index (χ1) is 16.0. The maximum Gasteiger partial charge on any atom is 0.162 e. The zero-order chi connectivity index (χ0) is 23.4. The van der Waals surface area contributed by atoms with Crippen molar-refractivity contribution in [3.05, 3.63) is 104 Å². The van der Waals surface area contributed by atoms with Crippen molar-refractivity contribution in [2.75, 3.05) is 7.11 Å². The van der Waals surface area contributed by atoms with Crippen LogP contribution < -0.4 is 9.47 Å². The third-order valence-corrected chi connectivity index (χ3v) is 6.44. The van der Waals surface area contributed by atoms with Crippen LogP contribution in [-0.2, 0) is 6.61 Å². The van der Waals surface area contributed by atoms with E-state index in [4.69, 9.17) is 32.7 Å². The van der Waals surface area contributed by atoms with Crippen LogP contribution in [0.15, 0.2) is 77.3 Å². The molecule has 6 heteroatoms. The maximum atomic E-state index is 9.83. The van der Waals surface area contributed by atoms with Gasteiger partial charge in [-0.1, -0.05) is 81.6 Å². The van der Waals surface area contributed by atoms with Crippen LogP contribution >= 0.6 is 39.1 Å². The molecule has 0 radical (unpaired) electrons. The molecule has 0 unspecified atom stereocenters. The van der Waals surface area contributed by atoms with E-state index in [2.05, 4.69) is 22.0 Å². The molecule has 0 aromatic heterocycles. The summed E-state index contributed by atoms with van der Waals surface area (Å²) in [6, 6.07) is 25.3. The van der Waals surface area contributed by atoms with Crippen molar-refractivity contribution >= 4 is 61.6 Å². The van der Waals surface area contributed by atoms with Gasteiger partial charge in [0.15, 0.2) is 11.5 Å². The zero-order valence-corrected chi connectivity index (χ0v) is 20.7. The number of fused-ring (bicyclic) bond motifs is 1. The van der Waals surface area contributed by atoms with E-state index in [0.29, 0.717) is 27.1 Å². The summed E-state index contributed by atoms with van der Waals surface area (Å²) in [6.07, 6.45) is 1.83. The molecule has 0 aliphatic rings. The molecule has 3 nitrogen and oxygen atoms in total. The molecular weight excluding hydrogens is 521 g/mol. The number of nitrogens with zero attached hydrogens (tertiary/aromatic N) is 1. The molecule has 164 valence electrons. The molecule has 0 saturated heterocycles. The van der Waals surface area contributed by atoms with Crippen molar-refractivity contribution in [1.82, 2.24) is 0 Å². The number of ether oxygens (including phenoxy) is 2. The van der Waals surface area contributed by atoms with E-state index in [0.717, 1.165) is 31.9 Å². The van der Waals surface area contributed by atoms with Crippen LogP contribution in [-0.4, -0.2) is 7.11 Å². The normalized spacial score (nSPS) is 11.3. The molecule has 4 aromatic carbocycles. The lowest BCUT2D eigenvalue weighted by Crippen LogP contribution is -1.99. The van der Waals surface area contributed by atoms with Gasteiger partial charge in [-0.2, -0.15) is 5.26 Å². The predicted octanol–water partition coefficient (Wildman–Crippen LogP) is 8.56. The Hall–Kier alpha value is -2.97. The summed E-state index contributed by atoms with van der Waals surface area (Å²) in [7, 11) is 1.58. The lowest BCUT2D eigenvalue weighted by molar-refractivity contribution is 0.284. The first kappa shape index (κ1) is 23.2. The fraction of sp³-hybridized carbons (Fsp3) is 0.0741. The summed E-state index contributed by atoms with van der Waals surface area (Å²) < 4.78 is 12.3. The van der Waals surface area contributed by atoms with Gasteiger partial charge in [0.2, 0.25) is 0 Å². The number of hydrogen-bond acceptors (Lipinski definition) is 3. The van der Waals surface area contributed by atoms with Crippen LogP contribution in [0.3, 0.4) is 0 Å². The van der Waals surface area contributed by atoms with Crippen molar-refractivity contribution in [3.63, 3.8) is 0 Å². The second-order valence-electron chi connectivity index (χ2n) is 7.28. The van der Waals surface area contributed by atoms with E-state index >= 15 is 0 Å². The number of allylic oxidation sites excluding steroid dienone is 1. The molecule has 0 bridgehead atoms. The average Bonchev–Trinajstić information content (AvgIpc) is 2.82. The van der Waals surface area contributed by atoms with Crippen LogP contribution in [0, 0.1) is 11.3 Å². The van der Waals surface area contributed by atoms with Gasteiger partial charge in [-0.05, 0) is 58.3 Å². The average molecular weight is 539 g/mol. The zero-order valence-electron chi connectivity index (χ0n) is 17.6. The number of methoxy groups -OCH3 is 1. The summed E-state index contributed by atoms with van der Waals surface area (Å²) in [6.45, 7) is 0.258. The molecule has 0 heterocycles. The highest BCUT2D eigenvalue weighted by Crippen LogP contribution is 2.36. The molecule has 0 aliphatic heterocycles. The van der Waals surface area contributed by atoms with E-state index in [1.54, 1.807) is 19.2 Å². The van der Waals surface area contributed by atoms with Gasteiger partial charge in [0.1, 0.15) is 6.61 Å². The van der Waals surface area contributed by atoms with E-state index < -0.39 is 0 Å². The lowest BCUT2D eigenvalue weighted by Gasteiger charge is -2.14. The van der Waals surface area contributed by atoms with Crippen molar-refractivity contribution in [1.29, 1.82) is 5.26 Å². The first-order valence-electron chi connectivity index (χ1n) is 10.0. The van der Waals surface area contributed by atoms with Crippen LogP contribution in [0.4, 0.5) is 0 Å². The molecule has 0 fully saturated rings. The van der Waals surface area contributed by atoms with Gasteiger partial charge >= 0.3 is 0 Å². The van der Waals surface area contributed by atoms with Crippen molar-refractivity contribution in [2.24, 2.45) is 0 Å². The highest BCUT2D eigenvalue weighted by molar-refractivity contribution is 9.10. The Morgan fingerprint density at radius 1 is 0.970 bits per heavy atom. The lowest BCUT2D eigenvalue weighted by atomic mass is 10.00. The Labute approximate surface area is 210 Å². The molecule has 0 atom stereocenters. The van der Waals surface area contributed by atoms with Crippen molar-refractivity contribution in [2.45, 2.75) is 6.61 Å².